The second kappa shape index (κ2) is 4.84. The van der Waals surface area contributed by atoms with Crippen LogP contribution in [0.1, 0.15) is 12.0 Å². The number of hydrogen-bond donors (Lipinski definition) is 1. The van der Waals surface area contributed by atoms with Gasteiger partial charge in [0.1, 0.15) is 17.2 Å². The Morgan fingerprint density at radius 3 is 2.89 bits per heavy atom. The van der Waals surface area contributed by atoms with E-state index in [1.54, 1.807) is 19.2 Å². The quantitative estimate of drug-likeness (QED) is 0.895. The van der Waals surface area contributed by atoms with Gasteiger partial charge in [-0.05, 0) is 36.6 Å². The minimum absolute atomic E-state index is 0.239. The van der Waals surface area contributed by atoms with Crippen LogP contribution in [-0.2, 0) is 6.42 Å². The van der Waals surface area contributed by atoms with E-state index in [4.69, 9.17) is 9.47 Å². The summed E-state index contributed by atoms with van der Waals surface area (Å²) in [6.07, 6.45) is 2.06. The van der Waals surface area contributed by atoms with Crippen molar-refractivity contribution < 1.29 is 14.6 Å². The lowest BCUT2D eigenvalue weighted by Gasteiger charge is -2.21. The highest BCUT2D eigenvalue weighted by molar-refractivity contribution is 5.78. The average molecular weight is 256 g/mol. The standard InChI is InChI=1S/C16H16O3/c1-18-12-7-8-15(17)14(10-12)13-6-2-4-11-5-3-9-19-16(11)13/h2,4,6-8,10,17H,3,5,9H2,1H3. The molecule has 2 aromatic carbocycles. The van der Waals surface area contributed by atoms with Crippen LogP contribution < -0.4 is 9.47 Å². The molecular weight excluding hydrogens is 240 g/mol. The van der Waals surface area contributed by atoms with Crippen LogP contribution in [0.15, 0.2) is 36.4 Å². The molecule has 1 aliphatic heterocycles. The second-order valence-corrected chi connectivity index (χ2v) is 4.63. The Morgan fingerprint density at radius 1 is 1.16 bits per heavy atom. The normalized spacial score (nSPS) is 13.5. The third-order valence-corrected chi connectivity index (χ3v) is 3.43. The molecule has 0 saturated carbocycles. The smallest absolute Gasteiger partial charge is 0.130 e. The van der Waals surface area contributed by atoms with E-state index in [1.807, 2.05) is 18.2 Å². The van der Waals surface area contributed by atoms with Crippen LogP contribution in [0, 0.1) is 0 Å². The Morgan fingerprint density at radius 2 is 2.05 bits per heavy atom. The Labute approximate surface area is 112 Å². The molecule has 0 aromatic heterocycles. The van der Waals surface area contributed by atoms with Gasteiger partial charge in [0.15, 0.2) is 0 Å². The van der Waals surface area contributed by atoms with E-state index in [-0.39, 0.29) is 5.75 Å². The molecule has 1 heterocycles. The van der Waals surface area contributed by atoms with E-state index >= 15 is 0 Å². The summed E-state index contributed by atoms with van der Waals surface area (Å²) in [5, 5.41) is 10.1. The van der Waals surface area contributed by atoms with E-state index in [0.29, 0.717) is 0 Å². The molecule has 0 aliphatic carbocycles. The average Bonchev–Trinajstić information content (AvgIpc) is 2.47. The number of rotatable bonds is 2. The molecule has 0 saturated heterocycles. The monoisotopic (exact) mass is 256 g/mol. The molecule has 98 valence electrons. The maximum absolute atomic E-state index is 10.1. The summed E-state index contributed by atoms with van der Waals surface area (Å²) in [6.45, 7) is 0.731. The van der Waals surface area contributed by atoms with Gasteiger partial charge >= 0.3 is 0 Å². The highest BCUT2D eigenvalue weighted by Gasteiger charge is 2.17. The number of ether oxygens (including phenoxy) is 2. The fourth-order valence-corrected chi connectivity index (χ4v) is 2.46. The van der Waals surface area contributed by atoms with Gasteiger partial charge in [0, 0.05) is 11.1 Å². The van der Waals surface area contributed by atoms with Crippen molar-refractivity contribution in [2.24, 2.45) is 0 Å². The molecule has 0 unspecified atom stereocenters. The summed E-state index contributed by atoms with van der Waals surface area (Å²) in [5.41, 5.74) is 2.87. The molecule has 3 rings (SSSR count). The first-order valence-electron chi connectivity index (χ1n) is 6.41. The maximum Gasteiger partial charge on any atom is 0.130 e. The topological polar surface area (TPSA) is 38.7 Å². The lowest BCUT2D eigenvalue weighted by molar-refractivity contribution is 0.289. The molecule has 1 N–H and O–H groups in total. The molecule has 1 aliphatic rings. The second-order valence-electron chi connectivity index (χ2n) is 4.63. The number of aromatic hydroxyl groups is 1. The molecule has 0 fully saturated rings. The first kappa shape index (κ1) is 11.9. The van der Waals surface area contributed by atoms with Crippen LogP contribution in [0.5, 0.6) is 17.2 Å². The Kier molecular flexibility index (Phi) is 3.03. The van der Waals surface area contributed by atoms with E-state index in [9.17, 15) is 5.11 Å². The minimum Gasteiger partial charge on any atom is -0.507 e. The van der Waals surface area contributed by atoms with Crippen LogP contribution in [0.2, 0.25) is 0 Å². The number of fused-ring (bicyclic) bond motifs is 1. The Hall–Kier alpha value is -2.16. The Balaban J connectivity index is 2.16. The fraction of sp³-hybridized carbons (Fsp3) is 0.250. The molecule has 0 spiro atoms. The van der Waals surface area contributed by atoms with E-state index in [1.165, 1.54) is 5.56 Å². The summed E-state index contributed by atoms with van der Waals surface area (Å²) in [7, 11) is 1.62. The van der Waals surface area contributed by atoms with Crippen LogP contribution in [0.4, 0.5) is 0 Å². The molecule has 0 radical (unpaired) electrons. The number of aryl methyl sites for hydroxylation is 1. The predicted molar refractivity (Wildman–Crippen MR) is 73.9 cm³/mol. The van der Waals surface area contributed by atoms with Crippen molar-refractivity contribution >= 4 is 0 Å². The molecule has 3 nitrogen and oxygen atoms in total. The minimum atomic E-state index is 0.239. The van der Waals surface area contributed by atoms with Crippen LogP contribution >= 0.6 is 0 Å². The lowest BCUT2D eigenvalue weighted by atomic mass is 9.97. The van der Waals surface area contributed by atoms with Crippen molar-refractivity contribution in [3.05, 3.63) is 42.0 Å². The predicted octanol–water partition coefficient (Wildman–Crippen LogP) is 3.39. The number of methoxy groups -OCH3 is 1. The zero-order chi connectivity index (χ0) is 13.2. The number of benzene rings is 2. The molecule has 0 bridgehead atoms. The highest BCUT2D eigenvalue weighted by atomic mass is 16.5. The van der Waals surface area contributed by atoms with Crippen molar-refractivity contribution in [3.63, 3.8) is 0 Å². The van der Waals surface area contributed by atoms with Crippen molar-refractivity contribution in [2.45, 2.75) is 12.8 Å². The van der Waals surface area contributed by atoms with Crippen molar-refractivity contribution in [1.82, 2.24) is 0 Å². The summed E-state index contributed by atoms with van der Waals surface area (Å²) >= 11 is 0. The third kappa shape index (κ3) is 2.12. The number of phenols is 1. The fourth-order valence-electron chi connectivity index (χ4n) is 2.46. The van der Waals surface area contributed by atoms with Gasteiger partial charge in [-0.15, -0.1) is 0 Å². The summed E-state index contributed by atoms with van der Waals surface area (Å²) < 4.78 is 11.0. The largest absolute Gasteiger partial charge is 0.507 e. The molecule has 3 heteroatoms. The van der Waals surface area contributed by atoms with Gasteiger partial charge < -0.3 is 14.6 Å². The van der Waals surface area contributed by atoms with Crippen LogP contribution in [0.3, 0.4) is 0 Å². The third-order valence-electron chi connectivity index (χ3n) is 3.43. The van der Waals surface area contributed by atoms with Gasteiger partial charge in [-0.1, -0.05) is 18.2 Å². The Bertz CT molecular complexity index is 605. The molecular formula is C16H16O3. The summed E-state index contributed by atoms with van der Waals surface area (Å²) in [5.74, 6) is 1.85. The van der Waals surface area contributed by atoms with Gasteiger partial charge in [-0.25, -0.2) is 0 Å². The summed E-state index contributed by atoms with van der Waals surface area (Å²) in [6, 6.07) is 11.3. The van der Waals surface area contributed by atoms with Crippen molar-refractivity contribution in [3.8, 4) is 28.4 Å². The molecule has 2 aromatic rings. The zero-order valence-corrected chi connectivity index (χ0v) is 10.8. The van der Waals surface area contributed by atoms with Crippen molar-refractivity contribution in [2.75, 3.05) is 13.7 Å². The number of phenolic OH excluding ortho intramolecular Hbond substituents is 1. The van der Waals surface area contributed by atoms with Gasteiger partial charge in [0.25, 0.3) is 0 Å². The zero-order valence-electron chi connectivity index (χ0n) is 10.8. The van der Waals surface area contributed by atoms with Gasteiger partial charge in [-0.3, -0.25) is 0 Å². The van der Waals surface area contributed by atoms with Gasteiger partial charge in [0.2, 0.25) is 0 Å². The number of para-hydroxylation sites is 1. The summed E-state index contributed by atoms with van der Waals surface area (Å²) in [4.78, 5) is 0. The first-order chi connectivity index (χ1) is 9.29. The van der Waals surface area contributed by atoms with E-state index < -0.39 is 0 Å². The maximum atomic E-state index is 10.1. The lowest BCUT2D eigenvalue weighted by Crippen LogP contribution is -2.09. The van der Waals surface area contributed by atoms with Gasteiger partial charge in [-0.2, -0.15) is 0 Å². The molecule has 0 amide bonds. The van der Waals surface area contributed by atoms with Gasteiger partial charge in [0.05, 0.1) is 13.7 Å². The van der Waals surface area contributed by atoms with E-state index in [2.05, 4.69) is 6.07 Å². The molecule has 0 atom stereocenters. The highest BCUT2D eigenvalue weighted by Crippen LogP contribution is 2.41. The molecule has 19 heavy (non-hydrogen) atoms. The van der Waals surface area contributed by atoms with Crippen LogP contribution in [-0.4, -0.2) is 18.8 Å². The first-order valence-corrected chi connectivity index (χ1v) is 6.41. The van der Waals surface area contributed by atoms with E-state index in [0.717, 1.165) is 42.1 Å². The number of hydrogen-bond acceptors (Lipinski definition) is 3. The SMILES string of the molecule is COc1ccc(O)c(-c2cccc3c2OCCC3)c1. The van der Waals surface area contributed by atoms with Crippen LogP contribution in [0.25, 0.3) is 11.1 Å². The van der Waals surface area contributed by atoms with Crippen molar-refractivity contribution in [1.29, 1.82) is 0 Å².